The molecular formula is C19H13F3N2O3. The molecule has 2 aromatic carbocycles. The third-order valence-corrected chi connectivity index (χ3v) is 4.04. The number of carboxylic acids is 1. The number of benzene rings is 2. The molecule has 0 saturated heterocycles. The van der Waals surface area contributed by atoms with E-state index < -0.39 is 23.3 Å². The number of alkyl halides is 3. The molecule has 0 aliphatic heterocycles. The highest BCUT2D eigenvalue weighted by atomic mass is 19.4. The van der Waals surface area contributed by atoms with Gasteiger partial charge in [0.05, 0.1) is 16.8 Å². The summed E-state index contributed by atoms with van der Waals surface area (Å²) in [6.07, 6.45) is -4.51. The first-order chi connectivity index (χ1) is 12.7. The molecule has 0 aliphatic rings. The third-order valence-electron chi connectivity index (χ3n) is 4.04. The summed E-state index contributed by atoms with van der Waals surface area (Å²) in [5, 5.41) is 13.3. The lowest BCUT2D eigenvalue weighted by molar-refractivity contribution is -0.137. The van der Waals surface area contributed by atoms with Gasteiger partial charge in [-0.05, 0) is 42.3 Å². The van der Waals surface area contributed by atoms with Gasteiger partial charge in [-0.2, -0.15) is 23.0 Å². The van der Waals surface area contributed by atoms with Crippen molar-refractivity contribution in [3.05, 3.63) is 81.8 Å². The first kappa shape index (κ1) is 18.4. The number of halogens is 3. The van der Waals surface area contributed by atoms with Gasteiger partial charge in [0.15, 0.2) is 5.69 Å². The maximum atomic E-state index is 12.9. The van der Waals surface area contributed by atoms with Gasteiger partial charge < -0.3 is 5.11 Å². The van der Waals surface area contributed by atoms with Crippen molar-refractivity contribution in [1.82, 2.24) is 9.78 Å². The molecule has 138 valence electrons. The van der Waals surface area contributed by atoms with Crippen LogP contribution in [0.2, 0.25) is 0 Å². The van der Waals surface area contributed by atoms with Crippen LogP contribution in [-0.4, -0.2) is 20.9 Å². The van der Waals surface area contributed by atoms with E-state index in [9.17, 15) is 27.9 Å². The summed E-state index contributed by atoms with van der Waals surface area (Å²) in [6.45, 7) is 1.40. The summed E-state index contributed by atoms with van der Waals surface area (Å²) in [4.78, 5) is 24.5. The van der Waals surface area contributed by atoms with Crippen molar-refractivity contribution < 1.29 is 23.1 Å². The highest BCUT2D eigenvalue weighted by Crippen LogP contribution is 2.31. The number of carboxylic acid groups (broad SMARTS) is 1. The van der Waals surface area contributed by atoms with Gasteiger partial charge in [-0.3, -0.25) is 4.79 Å². The number of aromatic nitrogens is 2. The molecule has 0 atom stereocenters. The second-order valence-corrected chi connectivity index (χ2v) is 5.78. The van der Waals surface area contributed by atoms with Crippen LogP contribution in [0.15, 0.2) is 59.4 Å². The number of hydrogen-bond acceptors (Lipinski definition) is 3. The molecule has 0 fully saturated rings. The van der Waals surface area contributed by atoms with E-state index in [1.54, 1.807) is 30.3 Å². The van der Waals surface area contributed by atoms with Gasteiger partial charge in [0, 0.05) is 0 Å². The van der Waals surface area contributed by atoms with Gasteiger partial charge >= 0.3 is 12.1 Å². The van der Waals surface area contributed by atoms with Crippen LogP contribution in [0.4, 0.5) is 13.2 Å². The lowest BCUT2D eigenvalue weighted by Gasteiger charge is -2.13. The quantitative estimate of drug-likeness (QED) is 0.754. The molecule has 0 aliphatic carbocycles. The summed E-state index contributed by atoms with van der Waals surface area (Å²) >= 11 is 0. The van der Waals surface area contributed by atoms with Crippen molar-refractivity contribution in [1.29, 1.82) is 0 Å². The zero-order valence-electron chi connectivity index (χ0n) is 14.0. The zero-order chi connectivity index (χ0) is 19.8. The number of hydrogen-bond donors (Lipinski definition) is 1. The fourth-order valence-electron chi connectivity index (χ4n) is 2.72. The van der Waals surface area contributed by atoms with E-state index in [2.05, 4.69) is 5.10 Å². The minimum atomic E-state index is -4.51. The topological polar surface area (TPSA) is 72.2 Å². The Bertz CT molecular complexity index is 1060. The Kier molecular flexibility index (Phi) is 4.57. The van der Waals surface area contributed by atoms with Crippen LogP contribution in [0.3, 0.4) is 0 Å². The van der Waals surface area contributed by atoms with Gasteiger partial charge in [-0.15, -0.1) is 0 Å². The molecule has 0 saturated carbocycles. The van der Waals surface area contributed by atoms with Crippen LogP contribution in [-0.2, 0) is 6.18 Å². The third kappa shape index (κ3) is 3.46. The molecule has 0 unspecified atom stereocenters. The van der Waals surface area contributed by atoms with Gasteiger partial charge in [0.25, 0.3) is 5.56 Å². The van der Waals surface area contributed by atoms with Crippen LogP contribution in [0.25, 0.3) is 16.8 Å². The number of nitrogens with zero attached hydrogens (tertiary/aromatic N) is 2. The zero-order valence-corrected chi connectivity index (χ0v) is 14.0. The largest absolute Gasteiger partial charge is 0.476 e. The minimum Gasteiger partial charge on any atom is -0.476 e. The maximum absolute atomic E-state index is 12.9. The minimum absolute atomic E-state index is 0.0139. The van der Waals surface area contributed by atoms with E-state index >= 15 is 0 Å². The summed E-state index contributed by atoms with van der Waals surface area (Å²) in [5.41, 5.74) is -1.24. The number of aromatic carboxylic acids is 1. The molecule has 3 rings (SSSR count). The SMILES string of the molecule is Cc1c(C(=O)O)nn(-c2ccccc2)c(=O)c1-c1ccc(C(F)(F)F)cc1. The predicted molar refractivity (Wildman–Crippen MR) is 92.0 cm³/mol. The van der Waals surface area contributed by atoms with E-state index in [0.717, 1.165) is 28.9 Å². The van der Waals surface area contributed by atoms with Gasteiger partial charge in [-0.25, -0.2) is 4.79 Å². The molecule has 0 amide bonds. The highest BCUT2D eigenvalue weighted by molar-refractivity contribution is 5.89. The smallest absolute Gasteiger partial charge is 0.416 e. The number of para-hydroxylation sites is 1. The summed E-state index contributed by atoms with van der Waals surface area (Å²) in [5.74, 6) is -1.34. The monoisotopic (exact) mass is 374 g/mol. The molecule has 27 heavy (non-hydrogen) atoms. The Morgan fingerprint density at radius 3 is 2.15 bits per heavy atom. The Morgan fingerprint density at radius 2 is 1.63 bits per heavy atom. The van der Waals surface area contributed by atoms with Crippen LogP contribution >= 0.6 is 0 Å². The van der Waals surface area contributed by atoms with E-state index in [1.807, 2.05) is 0 Å². The predicted octanol–water partition coefficient (Wildman–Crippen LogP) is 3.92. The van der Waals surface area contributed by atoms with E-state index in [4.69, 9.17) is 0 Å². The molecule has 1 aromatic heterocycles. The van der Waals surface area contributed by atoms with Gasteiger partial charge in [-0.1, -0.05) is 30.3 Å². The molecule has 0 radical (unpaired) electrons. The Labute approximate surface area is 151 Å². The lowest BCUT2D eigenvalue weighted by atomic mass is 9.99. The number of carbonyl (C=O) groups is 1. The Morgan fingerprint density at radius 1 is 1.04 bits per heavy atom. The number of rotatable bonds is 3. The van der Waals surface area contributed by atoms with Crippen molar-refractivity contribution in [2.75, 3.05) is 0 Å². The van der Waals surface area contributed by atoms with Crippen molar-refractivity contribution in [3.63, 3.8) is 0 Å². The first-order valence-electron chi connectivity index (χ1n) is 7.80. The van der Waals surface area contributed by atoms with E-state index in [-0.39, 0.29) is 22.4 Å². The van der Waals surface area contributed by atoms with Crippen molar-refractivity contribution in [2.24, 2.45) is 0 Å². The fourth-order valence-corrected chi connectivity index (χ4v) is 2.72. The van der Waals surface area contributed by atoms with Crippen LogP contribution < -0.4 is 5.56 Å². The molecule has 8 heteroatoms. The molecule has 1 N–H and O–H groups in total. The standard InChI is InChI=1S/C19H13F3N2O3/c1-11-15(12-7-9-13(10-8-12)19(20,21)22)17(25)24(23-16(11)18(26)27)14-5-3-2-4-6-14/h2-10H,1H3,(H,26,27). The lowest BCUT2D eigenvalue weighted by Crippen LogP contribution is -2.27. The average molecular weight is 374 g/mol. The van der Waals surface area contributed by atoms with Crippen molar-refractivity contribution in [2.45, 2.75) is 13.1 Å². The molecule has 0 spiro atoms. The van der Waals surface area contributed by atoms with Crippen LogP contribution in [0.1, 0.15) is 21.6 Å². The normalized spacial score (nSPS) is 11.4. The fraction of sp³-hybridized carbons (Fsp3) is 0.105. The van der Waals surface area contributed by atoms with Crippen molar-refractivity contribution >= 4 is 5.97 Å². The second-order valence-electron chi connectivity index (χ2n) is 5.78. The molecule has 5 nitrogen and oxygen atoms in total. The Balaban J connectivity index is 2.28. The average Bonchev–Trinajstić information content (AvgIpc) is 2.62. The van der Waals surface area contributed by atoms with Crippen LogP contribution in [0.5, 0.6) is 0 Å². The maximum Gasteiger partial charge on any atom is 0.416 e. The first-order valence-corrected chi connectivity index (χ1v) is 7.80. The van der Waals surface area contributed by atoms with Gasteiger partial charge in [0.2, 0.25) is 0 Å². The molecule has 3 aromatic rings. The molecule has 0 bridgehead atoms. The Hall–Kier alpha value is -3.42. The summed E-state index contributed by atoms with van der Waals surface area (Å²) in [7, 11) is 0. The summed E-state index contributed by atoms with van der Waals surface area (Å²) in [6, 6.07) is 12.2. The van der Waals surface area contributed by atoms with E-state index in [1.165, 1.54) is 6.92 Å². The second kappa shape index (κ2) is 6.71. The van der Waals surface area contributed by atoms with Crippen LogP contribution in [0, 0.1) is 6.92 Å². The molecule has 1 heterocycles. The molecular weight excluding hydrogens is 361 g/mol. The highest BCUT2D eigenvalue weighted by Gasteiger charge is 2.30. The van der Waals surface area contributed by atoms with Gasteiger partial charge in [0.1, 0.15) is 0 Å². The van der Waals surface area contributed by atoms with Crippen molar-refractivity contribution in [3.8, 4) is 16.8 Å². The summed E-state index contributed by atoms with van der Waals surface area (Å²) < 4.78 is 39.3. The van der Waals surface area contributed by atoms with E-state index in [0.29, 0.717) is 5.69 Å².